The van der Waals surface area contributed by atoms with Crippen LogP contribution in [0.25, 0.3) is 0 Å². The maximum absolute atomic E-state index is 15.2. The number of nitrogens with one attached hydrogen (secondary N) is 1. The number of carbonyl (C=O) groups excluding carboxylic acids is 2. The number of rotatable bonds is 2. The average Bonchev–Trinajstić information content (AvgIpc) is 2.94. The number of halogens is 2. The van der Waals surface area contributed by atoms with Crippen molar-refractivity contribution in [3.05, 3.63) is 28.8 Å². The van der Waals surface area contributed by atoms with Crippen LogP contribution in [0.4, 0.5) is 14.5 Å². The molecular formula is C18H22F2N4O3. The molecule has 2 fully saturated rings. The number of hydrogen-bond donors (Lipinski definition) is 2. The van der Waals surface area contributed by atoms with Gasteiger partial charge in [0.15, 0.2) is 5.82 Å². The topological polar surface area (TPSA) is 76.1 Å². The van der Waals surface area contributed by atoms with Gasteiger partial charge < -0.3 is 14.9 Å². The first kappa shape index (κ1) is 18.3. The van der Waals surface area contributed by atoms with Gasteiger partial charge in [-0.15, -0.1) is 0 Å². The first-order valence-electron chi connectivity index (χ1n) is 9.08. The summed E-state index contributed by atoms with van der Waals surface area (Å²) in [6.45, 7) is 2.45. The third-order valence-corrected chi connectivity index (χ3v) is 5.69. The minimum Gasteiger partial charge on any atom is -0.374 e. The molecular weight excluding hydrogens is 358 g/mol. The first-order chi connectivity index (χ1) is 12.9. The molecule has 0 bridgehead atoms. The van der Waals surface area contributed by atoms with Gasteiger partial charge in [0, 0.05) is 50.3 Å². The molecule has 0 radical (unpaired) electrons. The SMILES string of the molecule is CN1CCN(c2c(F)cc3c(c2F)CN(C2CCC(=O)NC2=O)C3O)CC1. The van der Waals surface area contributed by atoms with Crippen LogP contribution in [0.2, 0.25) is 0 Å². The molecule has 2 atom stereocenters. The minimum atomic E-state index is -1.28. The standard InChI is InChI=1S/C18H22F2N4O3/c1-22-4-6-23(7-5-22)16-12(19)8-10-11(15(16)20)9-24(18(10)27)13-2-3-14(25)21-17(13)26/h8,13,18,27H,2-7,9H2,1H3,(H,21,25,26). The highest BCUT2D eigenvalue weighted by Gasteiger charge is 2.42. The van der Waals surface area contributed by atoms with Gasteiger partial charge in [-0.3, -0.25) is 19.8 Å². The average molecular weight is 380 g/mol. The van der Waals surface area contributed by atoms with Gasteiger partial charge in [0.05, 0.1) is 6.04 Å². The number of nitrogens with zero attached hydrogens (tertiary/aromatic N) is 3. The lowest BCUT2D eigenvalue weighted by Gasteiger charge is -2.34. The Morgan fingerprint density at radius 2 is 1.89 bits per heavy atom. The van der Waals surface area contributed by atoms with Crippen LogP contribution < -0.4 is 10.2 Å². The number of amides is 2. The Morgan fingerprint density at radius 1 is 1.19 bits per heavy atom. The van der Waals surface area contributed by atoms with Crippen molar-refractivity contribution < 1.29 is 23.5 Å². The molecule has 1 aromatic carbocycles. The molecule has 7 nitrogen and oxygen atoms in total. The van der Waals surface area contributed by atoms with E-state index in [1.807, 2.05) is 7.05 Å². The van der Waals surface area contributed by atoms with E-state index < -0.39 is 29.8 Å². The summed E-state index contributed by atoms with van der Waals surface area (Å²) in [6, 6.07) is 0.419. The molecule has 27 heavy (non-hydrogen) atoms. The molecule has 4 rings (SSSR count). The largest absolute Gasteiger partial charge is 0.374 e. The summed E-state index contributed by atoms with van der Waals surface area (Å²) in [5, 5.41) is 12.8. The van der Waals surface area contributed by atoms with Gasteiger partial charge in [0.25, 0.3) is 0 Å². The molecule has 2 amide bonds. The van der Waals surface area contributed by atoms with Crippen molar-refractivity contribution in [1.29, 1.82) is 0 Å². The number of hydrogen-bond acceptors (Lipinski definition) is 6. The van der Waals surface area contributed by atoms with Crippen LogP contribution in [0.1, 0.15) is 30.2 Å². The minimum absolute atomic E-state index is 0.00433. The van der Waals surface area contributed by atoms with Crippen LogP contribution in [0.15, 0.2) is 6.07 Å². The Balaban J connectivity index is 1.63. The van der Waals surface area contributed by atoms with Gasteiger partial charge in [0.1, 0.15) is 17.7 Å². The lowest BCUT2D eigenvalue weighted by molar-refractivity contribution is -0.141. The molecule has 0 aromatic heterocycles. The van der Waals surface area contributed by atoms with Crippen molar-refractivity contribution in [2.24, 2.45) is 0 Å². The van der Waals surface area contributed by atoms with Crippen LogP contribution in [0.5, 0.6) is 0 Å². The van der Waals surface area contributed by atoms with Crippen molar-refractivity contribution in [3.63, 3.8) is 0 Å². The molecule has 1 aromatic rings. The molecule has 3 aliphatic rings. The Bertz CT molecular complexity index is 795. The molecule has 0 spiro atoms. The summed E-state index contributed by atoms with van der Waals surface area (Å²) < 4.78 is 29.9. The fraction of sp³-hybridized carbons (Fsp3) is 0.556. The highest BCUT2D eigenvalue weighted by atomic mass is 19.1. The van der Waals surface area contributed by atoms with E-state index in [2.05, 4.69) is 10.2 Å². The second kappa shape index (κ2) is 6.81. The molecule has 0 saturated carbocycles. The molecule has 146 valence electrons. The summed E-state index contributed by atoms with van der Waals surface area (Å²) in [5.41, 5.74) is 0.286. The number of benzene rings is 1. The molecule has 2 unspecified atom stereocenters. The summed E-state index contributed by atoms with van der Waals surface area (Å²) >= 11 is 0. The number of imide groups is 1. The Labute approximate surface area is 155 Å². The fourth-order valence-corrected chi connectivity index (χ4v) is 4.10. The number of piperidine rings is 1. The van der Waals surface area contributed by atoms with Crippen molar-refractivity contribution in [2.45, 2.75) is 31.7 Å². The molecule has 3 aliphatic heterocycles. The van der Waals surface area contributed by atoms with Crippen LogP contribution in [-0.4, -0.2) is 66.0 Å². The Hall–Kier alpha value is -2.10. The van der Waals surface area contributed by atoms with E-state index in [4.69, 9.17) is 0 Å². The van der Waals surface area contributed by atoms with Crippen LogP contribution in [0, 0.1) is 11.6 Å². The normalized spacial score (nSPS) is 27.0. The van der Waals surface area contributed by atoms with E-state index in [0.29, 0.717) is 26.2 Å². The monoisotopic (exact) mass is 380 g/mol. The van der Waals surface area contributed by atoms with E-state index >= 15 is 4.39 Å². The number of aliphatic hydroxyl groups is 1. The summed E-state index contributed by atoms with van der Waals surface area (Å²) in [6.07, 6.45) is -0.890. The van der Waals surface area contributed by atoms with E-state index in [9.17, 15) is 19.1 Å². The summed E-state index contributed by atoms with van der Waals surface area (Å²) in [5.74, 6) is -2.27. The van der Waals surface area contributed by atoms with E-state index in [1.54, 1.807) is 4.90 Å². The second-order valence-corrected chi connectivity index (χ2v) is 7.39. The third kappa shape index (κ3) is 3.09. The highest BCUT2D eigenvalue weighted by Crippen LogP contribution is 2.40. The van der Waals surface area contributed by atoms with Gasteiger partial charge in [-0.25, -0.2) is 8.78 Å². The number of carbonyl (C=O) groups is 2. The molecule has 9 heteroatoms. The predicted molar refractivity (Wildman–Crippen MR) is 92.7 cm³/mol. The zero-order chi connectivity index (χ0) is 19.3. The van der Waals surface area contributed by atoms with Gasteiger partial charge in [-0.1, -0.05) is 0 Å². The Kier molecular flexibility index (Phi) is 4.61. The van der Waals surface area contributed by atoms with Gasteiger partial charge in [0.2, 0.25) is 11.8 Å². The molecule has 2 saturated heterocycles. The molecule has 0 aliphatic carbocycles. The van der Waals surface area contributed by atoms with Crippen molar-refractivity contribution in [3.8, 4) is 0 Å². The maximum atomic E-state index is 15.2. The van der Waals surface area contributed by atoms with E-state index in [0.717, 1.165) is 0 Å². The summed E-state index contributed by atoms with van der Waals surface area (Å²) in [7, 11) is 1.96. The van der Waals surface area contributed by atoms with Crippen molar-refractivity contribution in [1.82, 2.24) is 15.1 Å². The van der Waals surface area contributed by atoms with E-state index in [-0.39, 0.29) is 42.1 Å². The highest BCUT2D eigenvalue weighted by molar-refractivity contribution is 6.00. The van der Waals surface area contributed by atoms with Crippen molar-refractivity contribution >= 4 is 17.5 Å². The number of piperazine rings is 1. The van der Waals surface area contributed by atoms with Gasteiger partial charge >= 0.3 is 0 Å². The van der Waals surface area contributed by atoms with E-state index in [1.165, 1.54) is 11.0 Å². The lowest BCUT2D eigenvalue weighted by atomic mass is 10.0. The fourth-order valence-electron chi connectivity index (χ4n) is 4.10. The smallest absolute Gasteiger partial charge is 0.244 e. The molecule has 3 heterocycles. The van der Waals surface area contributed by atoms with Crippen LogP contribution in [-0.2, 0) is 16.1 Å². The number of fused-ring (bicyclic) bond motifs is 1. The van der Waals surface area contributed by atoms with Crippen molar-refractivity contribution in [2.75, 3.05) is 38.1 Å². The zero-order valence-electron chi connectivity index (χ0n) is 15.0. The maximum Gasteiger partial charge on any atom is 0.244 e. The number of likely N-dealkylation sites (N-methyl/N-ethyl adjacent to an activating group) is 1. The molecule has 2 N–H and O–H groups in total. The van der Waals surface area contributed by atoms with Gasteiger partial charge in [-0.2, -0.15) is 0 Å². The number of aliphatic hydroxyl groups excluding tert-OH is 1. The summed E-state index contributed by atoms with van der Waals surface area (Å²) in [4.78, 5) is 28.7. The van der Waals surface area contributed by atoms with Crippen LogP contribution in [0.3, 0.4) is 0 Å². The third-order valence-electron chi connectivity index (χ3n) is 5.69. The Morgan fingerprint density at radius 3 is 2.56 bits per heavy atom. The zero-order valence-corrected chi connectivity index (χ0v) is 15.0. The number of anilines is 1. The van der Waals surface area contributed by atoms with Gasteiger partial charge in [-0.05, 0) is 19.5 Å². The van der Waals surface area contributed by atoms with Crippen LogP contribution >= 0.6 is 0 Å². The lowest BCUT2D eigenvalue weighted by Crippen LogP contribution is -2.51. The quantitative estimate of drug-likeness (QED) is 0.721. The first-order valence-corrected chi connectivity index (χ1v) is 9.08. The second-order valence-electron chi connectivity index (χ2n) is 7.39. The predicted octanol–water partition coefficient (Wildman–Crippen LogP) is 0.328.